The molecule has 1 N–H and O–H groups in total. The molecule has 0 aliphatic heterocycles. The number of carbonyl (C=O) groups is 1. The SMILES string of the molecule is O=C(O)c1cncc(-c2ccccn2)c1Oc1ccccc1. The van der Waals surface area contributed by atoms with Crippen molar-refractivity contribution in [1.29, 1.82) is 0 Å². The van der Waals surface area contributed by atoms with Gasteiger partial charge in [0, 0.05) is 18.6 Å². The van der Waals surface area contributed by atoms with Gasteiger partial charge in [-0.3, -0.25) is 9.97 Å². The van der Waals surface area contributed by atoms with Gasteiger partial charge in [0.05, 0.1) is 11.3 Å². The molecule has 0 amide bonds. The standard InChI is InChI=1S/C17H12N2O3/c20-17(21)14-11-18-10-13(15-8-4-5-9-19-15)16(14)22-12-6-2-1-3-7-12/h1-11H,(H,20,21). The van der Waals surface area contributed by atoms with Crippen LogP contribution in [0.25, 0.3) is 11.3 Å². The molecule has 0 saturated heterocycles. The Balaban J connectivity index is 2.14. The highest BCUT2D eigenvalue weighted by atomic mass is 16.5. The quantitative estimate of drug-likeness (QED) is 0.795. The Kier molecular flexibility index (Phi) is 3.78. The van der Waals surface area contributed by atoms with Crippen LogP contribution in [-0.4, -0.2) is 21.0 Å². The predicted molar refractivity (Wildman–Crippen MR) is 80.9 cm³/mol. The van der Waals surface area contributed by atoms with Gasteiger partial charge in [0.25, 0.3) is 0 Å². The molecule has 0 radical (unpaired) electrons. The number of aromatic carboxylic acids is 1. The highest BCUT2D eigenvalue weighted by molar-refractivity contribution is 5.93. The van der Waals surface area contributed by atoms with E-state index in [0.717, 1.165) is 0 Å². The van der Waals surface area contributed by atoms with E-state index in [0.29, 0.717) is 17.0 Å². The van der Waals surface area contributed by atoms with Crippen LogP contribution in [0.2, 0.25) is 0 Å². The van der Waals surface area contributed by atoms with E-state index in [-0.39, 0.29) is 11.3 Å². The summed E-state index contributed by atoms with van der Waals surface area (Å²) in [6.45, 7) is 0. The largest absolute Gasteiger partial charge is 0.477 e. The van der Waals surface area contributed by atoms with Crippen molar-refractivity contribution in [3.8, 4) is 22.8 Å². The van der Waals surface area contributed by atoms with Crippen LogP contribution in [0.4, 0.5) is 0 Å². The average molecular weight is 292 g/mol. The van der Waals surface area contributed by atoms with E-state index in [9.17, 15) is 9.90 Å². The number of pyridine rings is 2. The van der Waals surface area contributed by atoms with Crippen LogP contribution in [-0.2, 0) is 0 Å². The molecule has 0 atom stereocenters. The minimum absolute atomic E-state index is 0.00740. The Morgan fingerprint density at radius 3 is 2.45 bits per heavy atom. The molecule has 0 aliphatic rings. The van der Waals surface area contributed by atoms with E-state index < -0.39 is 5.97 Å². The van der Waals surface area contributed by atoms with E-state index in [2.05, 4.69) is 9.97 Å². The van der Waals surface area contributed by atoms with Gasteiger partial charge in [-0.05, 0) is 24.3 Å². The number of para-hydroxylation sites is 1. The zero-order chi connectivity index (χ0) is 15.4. The van der Waals surface area contributed by atoms with Crippen molar-refractivity contribution in [2.24, 2.45) is 0 Å². The fourth-order valence-electron chi connectivity index (χ4n) is 2.02. The molecule has 3 aromatic rings. The maximum Gasteiger partial charge on any atom is 0.341 e. The average Bonchev–Trinajstić information content (AvgIpc) is 2.56. The van der Waals surface area contributed by atoms with Crippen molar-refractivity contribution >= 4 is 5.97 Å². The molecule has 5 heteroatoms. The summed E-state index contributed by atoms with van der Waals surface area (Å²) in [5.74, 6) is -0.322. The summed E-state index contributed by atoms with van der Waals surface area (Å²) in [5, 5.41) is 9.37. The molecule has 3 rings (SSSR count). The number of hydrogen-bond donors (Lipinski definition) is 1. The minimum atomic E-state index is -1.10. The molecule has 108 valence electrons. The normalized spacial score (nSPS) is 10.2. The van der Waals surface area contributed by atoms with E-state index >= 15 is 0 Å². The molecule has 1 aromatic carbocycles. The monoisotopic (exact) mass is 292 g/mol. The second-order valence-corrected chi connectivity index (χ2v) is 4.50. The number of carboxylic acid groups (broad SMARTS) is 1. The molecule has 0 spiro atoms. The maximum atomic E-state index is 11.5. The Morgan fingerprint density at radius 1 is 1.00 bits per heavy atom. The van der Waals surface area contributed by atoms with Crippen LogP contribution in [0.3, 0.4) is 0 Å². The molecule has 0 fully saturated rings. The molecular formula is C17H12N2O3. The lowest BCUT2D eigenvalue weighted by Gasteiger charge is -2.13. The summed E-state index contributed by atoms with van der Waals surface area (Å²) in [5.41, 5.74) is 1.13. The second kappa shape index (κ2) is 6.05. The Labute approximate surface area is 126 Å². The topological polar surface area (TPSA) is 72.3 Å². The van der Waals surface area contributed by atoms with Crippen molar-refractivity contribution in [2.45, 2.75) is 0 Å². The van der Waals surface area contributed by atoms with Crippen LogP contribution >= 0.6 is 0 Å². The molecule has 0 saturated carbocycles. The fourth-order valence-corrected chi connectivity index (χ4v) is 2.02. The first-order valence-electron chi connectivity index (χ1n) is 6.61. The van der Waals surface area contributed by atoms with Gasteiger partial charge in [-0.2, -0.15) is 0 Å². The lowest BCUT2D eigenvalue weighted by atomic mass is 10.1. The summed E-state index contributed by atoms with van der Waals surface area (Å²) in [6.07, 6.45) is 4.45. The molecule has 0 unspecified atom stereocenters. The number of hydrogen-bond acceptors (Lipinski definition) is 4. The zero-order valence-corrected chi connectivity index (χ0v) is 11.5. The van der Waals surface area contributed by atoms with Gasteiger partial charge in [0.15, 0.2) is 5.75 Å². The van der Waals surface area contributed by atoms with Gasteiger partial charge in [-0.25, -0.2) is 4.79 Å². The molecular weight excluding hydrogens is 280 g/mol. The number of benzene rings is 1. The summed E-state index contributed by atoms with van der Waals surface area (Å²) >= 11 is 0. The van der Waals surface area contributed by atoms with Crippen LogP contribution in [0.1, 0.15) is 10.4 Å². The van der Waals surface area contributed by atoms with Crippen LogP contribution in [0, 0.1) is 0 Å². The first-order chi connectivity index (χ1) is 10.8. The molecule has 22 heavy (non-hydrogen) atoms. The molecule has 0 aliphatic carbocycles. The lowest BCUT2D eigenvalue weighted by Crippen LogP contribution is -2.03. The summed E-state index contributed by atoms with van der Waals surface area (Å²) in [6, 6.07) is 14.4. The summed E-state index contributed by atoms with van der Waals surface area (Å²) in [4.78, 5) is 19.7. The molecule has 2 aromatic heterocycles. The van der Waals surface area contributed by atoms with E-state index in [1.54, 1.807) is 36.7 Å². The Bertz CT molecular complexity index is 790. The highest BCUT2D eigenvalue weighted by Gasteiger charge is 2.19. The molecule has 2 heterocycles. The number of rotatable bonds is 4. The van der Waals surface area contributed by atoms with Gasteiger partial charge in [-0.15, -0.1) is 0 Å². The van der Waals surface area contributed by atoms with Crippen molar-refractivity contribution in [3.05, 3.63) is 72.7 Å². The van der Waals surface area contributed by atoms with E-state index in [1.165, 1.54) is 6.20 Å². The third-order valence-corrected chi connectivity index (χ3v) is 3.03. The van der Waals surface area contributed by atoms with E-state index in [4.69, 9.17) is 4.74 Å². The number of nitrogens with zero attached hydrogens (tertiary/aromatic N) is 2. The van der Waals surface area contributed by atoms with Crippen LogP contribution in [0.15, 0.2) is 67.1 Å². The van der Waals surface area contributed by atoms with Gasteiger partial charge in [0.1, 0.15) is 11.3 Å². The first-order valence-corrected chi connectivity index (χ1v) is 6.61. The zero-order valence-electron chi connectivity index (χ0n) is 11.5. The van der Waals surface area contributed by atoms with Gasteiger partial charge < -0.3 is 9.84 Å². The maximum absolute atomic E-state index is 11.5. The van der Waals surface area contributed by atoms with Crippen LogP contribution < -0.4 is 4.74 Å². The Morgan fingerprint density at radius 2 is 1.77 bits per heavy atom. The van der Waals surface area contributed by atoms with Crippen LogP contribution in [0.5, 0.6) is 11.5 Å². The van der Waals surface area contributed by atoms with Gasteiger partial charge in [0.2, 0.25) is 0 Å². The van der Waals surface area contributed by atoms with Crippen molar-refractivity contribution in [1.82, 2.24) is 9.97 Å². The fraction of sp³-hybridized carbons (Fsp3) is 0. The van der Waals surface area contributed by atoms with E-state index in [1.807, 2.05) is 24.3 Å². The smallest absolute Gasteiger partial charge is 0.341 e. The predicted octanol–water partition coefficient (Wildman–Crippen LogP) is 3.63. The molecule has 0 bridgehead atoms. The third-order valence-electron chi connectivity index (χ3n) is 3.03. The number of aromatic nitrogens is 2. The number of carboxylic acids is 1. The summed E-state index contributed by atoms with van der Waals surface area (Å²) in [7, 11) is 0. The summed E-state index contributed by atoms with van der Waals surface area (Å²) < 4.78 is 5.80. The van der Waals surface area contributed by atoms with Crippen molar-refractivity contribution < 1.29 is 14.6 Å². The lowest BCUT2D eigenvalue weighted by molar-refractivity contribution is 0.0694. The Hall–Kier alpha value is -3.21. The minimum Gasteiger partial charge on any atom is -0.477 e. The highest BCUT2D eigenvalue weighted by Crippen LogP contribution is 2.34. The van der Waals surface area contributed by atoms with Crippen molar-refractivity contribution in [3.63, 3.8) is 0 Å². The second-order valence-electron chi connectivity index (χ2n) is 4.50. The first kappa shape index (κ1) is 13.8. The third kappa shape index (κ3) is 2.78. The van der Waals surface area contributed by atoms with Gasteiger partial charge in [-0.1, -0.05) is 24.3 Å². The van der Waals surface area contributed by atoms with Crippen molar-refractivity contribution in [2.75, 3.05) is 0 Å². The van der Waals surface area contributed by atoms with Gasteiger partial charge >= 0.3 is 5.97 Å². The molecule has 5 nitrogen and oxygen atoms in total. The number of ether oxygens (including phenoxy) is 1.